The van der Waals surface area contributed by atoms with Gasteiger partial charge in [0, 0.05) is 17.5 Å². The van der Waals surface area contributed by atoms with Crippen molar-refractivity contribution in [2.75, 3.05) is 10.6 Å². The van der Waals surface area contributed by atoms with Gasteiger partial charge < -0.3 is 15.7 Å². The Balaban J connectivity index is 1.63. The number of carboxylic acids is 1. The molecule has 2 fully saturated rings. The second-order valence-electron chi connectivity index (χ2n) is 7.91. The first kappa shape index (κ1) is 20.3. The second-order valence-corrected chi connectivity index (χ2v) is 7.91. The molecule has 6 nitrogen and oxygen atoms in total. The van der Waals surface area contributed by atoms with Crippen molar-refractivity contribution in [3.8, 4) is 0 Å². The van der Waals surface area contributed by atoms with E-state index in [9.17, 15) is 23.9 Å². The molecule has 0 saturated heterocycles. The smallest absolute Gasteiger partial charge is 0.306 e. The van der Waals surface area contributed by atoms with Crippen molar-refractivity contribution in [3.63, 3.8) is 0 Å². The summed E-state index contributed by atoms with van der Waals surface area (Å²) in [6.07, 6.45) is 7.02. The molecule has 0 aromatic heterocycles. The van der Waals surface area contributed by atoms with Gasteiger partial charge >= 0.3 is 5.97 Å². The Hall–Kier alpha value is -2.44. The maximum absolute atomic E-state index is 14.1. The molecule has 0 radical (unpaired) electrons. The fourth-order valence-electron chi connectivity index (χ4n) is 4.19. The van der Waals surface area contributed by atoms with E-state index in [0.717, 1.165) is 32.1 Å². The van der Waals surface area contributed by atoms with Crippen molar-refractivity contribution in [3.05, 3.63) is 24.0 Å². The molecule has 0 aliphatic heterocycles. The third-order valence-electron chi connectivity index (χ3n) is 5.86. The van der Waals surface area contributed by atoms with Crippen LogP contribution >= 0.6 is 0 Å². The fraction of sp³-hybridized carbons (Fsp3) is 0.571. The zero-order valence-corrected chi connectivity index (χ0v) is 15.9. The van der Waals surface area contributed by atoms with Crippen molar-refractivity contribution in [1.29, 1.82) is 0 Å². The highest BCUT2D eigenvalue weighted by molar-refractivity contribution is 5.96. The first-order valence-corrected chi connectivity index (χ1v) is 10.1. The van der Waals surface area contributed by atoms with Crippen molar-refractivity contribution in [2.24, 2.45) is 17.8 Å². The number of aliphatic carboxylic acids is 1. The third-order valence-corrected chi connectivity index (χ3v) is 5.86. The molecule has 28 heavy (non-hydrogen) atoms. The first-order valence-electron chi connectivity index (χ1n) is 10.1. The normalized spacial score (nSPS) is 23.0. The summed E-state index contributed by atoms with van der Waals surface area (Å²) in [5.74, 6) is -2.83. The minimum Gasteiger partial charge on any atom is -0.481 e. The van der Waals surface area contributed by atoms with Crippen LogP contribution in [-0.2, 0) is 14.4 Å². The monoisotopic (exact) mass is 390 g/mol. The lowest BCUT2D eigenvalue weighted by Gasteiger charge is -2.25. The van der Waals surface area contributed by atoms with Crippen LogP contribution in [0, 0.1) is 23.6 Å². The number of carboxylic acid groups (broad SMARTS) is 1. The molecular weight excluding hydrogens is 363 g/mol. The Morgan fingerprint density at radius 2 is 1.50 bits per heavy atom. The van der Waals surface area contributed by atoms with Crippen molar-refractivity contribution in [1.82, 2.24) is 0 Å². The maximum Gasteiger partial charge on any atom is 0.306 e. The van der Waals surface area contributed by atoms with Crippen LogP contribution in [-0.4, -0.2) is 22.9 Å². The fourth-order valence-corrected chi connectivity index (χ4v) is 4.19. The summed E-state index contributed by atoms with van der Waals surface area (Å²) in [6, 6.07) is 4.08. The van der Waals surface area contributed by atoms with Gasteiger partial charge in [-0.05, 0) is 50.3 Å². The molecule has 7 heteroatoms. The molecule has 2 amide bonds. The number of rotatable bonds is 5. The number of nitrogens with one attached hydrogen (secondary N) is 2. The van der Waals surface area contributed by atoms with Gasteiger partial charge in [0.2, 0.25) is 11.8 Å². The van der Waals surface area contributed by atoms with E-state index >= 15 is 0 Å². The lowest BCUT2D eigenvalue weighted by Crippen LogP contribution is -2.31. The largest absolute Gasteiger partial charge is 0.481 e. The Morgan fingerprint density at radius 3 is 2.21 bits per heavy atom. The lowest BCUT2D eigenvalue weighted by atomic mass is 9.81. The Labute approximate surface area is 163 Å². The number of hydrogen-bond donors (Lipinski definition) is 3. The molecule has 2 unspecified atom stereocenters. The van der Waals surface area contributed by atoms with Gasteiger partial charge in [0.25, 0.3) is 0 Å². The van der Waals surface area contributed by atoms with E-state index in [-0.39, 0.29) is 29.3 Å². The summed E-state index contributed by atoms with van der Waals surface area (Å²) < 4.78 is 14.1. The maximum atomic E-state index is 14.1. The SMILES string of the molecule is O=C(O)C1CCCC(C(=O)Nc2ccc(F)c(NC(=O)C3CCCCC3)c2)C1. The molecule has 2 aliphatic rings. The highest BCUT2D eigenvalue weighted by Crippen LogP contribution is 2.31. The second kappa shape index (κ2) is 9.17. The van der Waals surface area contributed by atoms with Gasteiger partial charge in [-0.3, -0.25) is 14.4 Å². The molecule has 2 aliphatic carbocycles. The van der Waals surface area contributed by atoms with E-state index in [4.69, 9.17) is 0 Å². The van der Waals surface area contributed by atoms with Crippen LogP contribution in [0.2, 0.25) is 0 Å². The van der Waals surface area contributed by atoms with Crippen LogP contribution in [0.5, 0.6) is 0 Å². The zero-order valence-electron chi connectivity index (χ0n) is 15.9. The molecule has 1 aromatic carbocycles. The minimum atomic E-state index is -0.869. The highest BCUT2D eigenvalue weighted by atomic mass is 19.1. The first-order chi connectivity index (χ1) is 13.4. The molecule has 2 saturated carbocycles. The number of carbonyl (C=O) groups is 3. The summed E-state index contributed by atoms with van der Waals surface area (Å²) >= 11 is 0. The van der Waals surface area contributed by atoms with Gasteiger partial charge in [-0.1, -0.05) is 25.7 Å². The summed E-state index contributed by atoms with van der Waals surface area (Å²) in [5.41, 5.74) is 0.447. The Morgan fingerprint density at radius 1 is 0.857 bits per heavy atom. The van der Waals surface area contributed by atoms with Gasteiger partial charge in [0.1, 0.15) is 5.82 Å². The van der Waals surface area contributed by atoms with E-state index in [1.54, 1.807) is 0 Å². The number of amides is 2. The van der Waals surface area contributed by atoms with Crippen LogP contribution in [0.1, 0.15) is 57.8 Å². The standard InChI is InChI=1S/C21H27FN2O4/c22-17-10-9-16(12-18(17)24-19(25)13-5-2-1-3-6-13)23-20(26)14-7-4-8-15(11-14)21(27)28/h9-10,12-15H,1-8,11H2,(H,23,26)(H,24,25)(H,27,28). The molecule has 1 aromatic rings. The van der Waals surface area contributed by atoms with Crippen LogP contribution in [0.4, 0.5) is 15.8 Å². The number of carbonyl (C=O) groups excluding carboxylic acids is 2. The number of hydrogen-bond acceptors (Lipinski definition) is 3. The summed E-state index contributed by atoms with van der Waals surface area (Å²) in [5, 5.41) is 14.6. The van der Waals surface area contributed by atoms with Crippen LogP contribution in [0.15, 0.2) is 18.2 Å². The van der Waals surface area contributed by atoms with Crippen LogP contribution in [0.25, 0.3) is 0 Å². The molecular formula is C21H27FN2O4. The Kier molecular flexibility index (Phi) is 6.65. The lowest BCUT2D eigenvalue weighted by molar-refractivity contribution is -0.143. The molecule has 3 N–H and O–H groups in total. The average Bonchev–Trinajstić information content (AvgIpc) is 2.71. The molecule has 0 heterocycles. The van der Waals surface area contributed by atoms with Crippen molar-refractivity contribution < 1.29 is 23.9 Å². The van der Waals surface area contributed by atoms with Gasteiger partial charge in [0.05, 0.1) is 11.6 Å². The number of benzene rings is 1. The van der Waals surface area contributed by atoms with E-state index in [1.165, 1.54) is 18.2 Å². The quantitative estimate of drug-likeness (QED) is 0.703. The van der Waals surface area contributed by atoms with Crippen LogP contribution in [0.3, 0.4) is 0 Å². The predicted molar refractivity (Wildman–Crippen MR) is 103 cm³/mol. The Bertz CT molecular complexity index is 746. The molecule has 3 rings (SSSR count). The average molecular weight is 390 g/mol. The van der Waals surface area contributed by atoms with E-state index in [0.29, 0.717) is 31.4 Å². The topological polar surface area (TPSA) is 95.5 Å². The highest BCUT2D eigenvalue weighted by Gasteiger charge is 2.31. The predicted octanol–water partition coefficient (Wildman–Crippen LogP) is 4.17. The van der Waals surface area contributed by atoms with Crippen molar-refractivity contribution >= 4 is 29.2 Å². The van der Waals surface area contributed by atoms with Gasteiger partial charge in [-0.2, -0.15) is 0 Å². The third kappa shape index (κ3) is 5.09. The van der Waals surface area contributed by atoms with Crippen molar-refractivity contribution in [2.45, 2.75) is 57.8 Å². The summed E-state index contributed by atoms with van der Waals surface area (Å²) in [4.78, 5) is 36.1. The van der Waals surface area contributed by atoms with E-state index in [1.807, 2.05) is 0 Å². The molecule has 0 spiro atoms. The van der Waals surface area contributed by atoms with Gasteiger partial charge in [-0.25, -0.2) is 4.39 Å². The molecule has 0 bridgehead atoms. The number of anilines is 2. The molecule has 152 valence electrons. The zero-order chi connectivity index (χ0) is 20.1. The number of halogens is 1. The van der Waals surface area contributed by atoms with E-state index in [2.05, 4.69) is 10.6 Å². The van der Waals surface area contributed by atoms with Crippen LogP contribution < -0.4 is 10.6 Å². The summed E-state index contributed by atoms with van der Waals surface area (Å²) in [7, 11) is 0. The minimum absolute atomic E-state index is 0.0560. The van der Waals surface area contributed by atoms with E-state index < -0.39 is 17.7 Å². The summed E-state index contributed by atoms with van der Waals surface area (Å²) in [6.45, 7) is 0. The molecule has 2 atom stereocenters. The van der Waals surface area contributed by atoms with Gasteiger partial charge in [0.15, 0.2) is 0 Å². The van der Waals surface area contributed by atoms with Gasteiger partial charge in [-0.15, -0.1) is 0 Å².